The van der Waals surface area contributed by atoms with E-state index in [-0.39, 0.29) is 0 Å². The van der Waals surface area contributed by atoms with Gasteiger partial charge in [0.1, 0.15) is 0 Å². The van der Waals surface area contributed by atoms with Gasteiger partial charge in [-0.05, 0) is 52.0 Å². The number of esters is 1. The maximum atomic E-state index is 12.4. The number of benzene rings is 1. The summed E-state index contributed by atoms with van der Waals surface area (Å²) in [7, 11) is 1.81. The van der Waals surface area contributed by atoms with Gasteiger partial charge in [0.05, 0.1) is 33.3 Å². The summed E-state index contributed by atoms with van der Waals surface area (Å²) in [5.74, 6) is -0.157. The Balaban J connectivity index is 1.54. The Kier molecular flexibility index (Phi) is 6.94. The topological polar surface area (TPSA) is 86.1 Å². The average molecular weight is 445 g/mol. The molecule has 0 aliphatic carbocycles. The minimum Gasteiger partial charge on any atom is -0.449 e. The van der Waals surface area contributed by atoms with Crippen LogP contribution in [-0.4, -0.2) is 32.7 Å². The van der Waals surface area contributed by atoms with Gasteiger partial charge in [0.2, 0.25) is 0 Å². The number of nitrogens with zero attached hydrogens (tertiary/aromatic N) is 3. The van der Waals surface area contributed by atoms with Gasteiger partial charge in [-0.25, -0.2) is 9.78 Å². The Morgan fingerprint density at radius 2 is 1.93 bits per heavy atom. The van der Waals surface area contributed by atoms with E-state index < -0.39 is 18.0 Å². The molecule has 30 heavy (non-hydrogen) atoms. The smallest absolute Gasteiger partial charge is 0.338 e. The van der Waals surface area contributed by atoms with E-state index in [0.717, 1.165) is 27.0 Å². The van der Waals surface area contributed by atoms with Gasteiger partial charge in [0, 0.05) is 23.1 Å². The number of carbonyl (C=O) groups is 2. The SMILES string of the molecule is Cc1nc(CSc2ccc(C(=O)OC(C)C(=O)Nc3c(C)nn(C)c3C)cc2)cs1. The van der Waals surface area contributed by atoms with Crippen LogP contribution in [0.15, 0.2) is 34.5 Å². The molecule has 0 saturated heterocycles. The van der Waals surface area contributed by atoms with Gasteiger partial charge in [0.15, 0.2) is 6.10 Å². The van der Waals surface area contributed by atoms with E-state index in [1.54, 1.807) is 53.9 Å². The Labute approximate surface area is 183 Å². The minimum atomic E-state index is -0.932. The quantitative estimate of drug-likeness (QED) is 0.432. The second-order valence-corrected chi connectivity index (χ2v) is 8.99. The number of anilines is 1. The number of aromatic nitrogens is 3. The van der Waals surface area contributed by atoms with Crippen LogP contribution in [0.4, 0.5) is 5.69 Å². The Hall–Kier alpha value is -2.65. The van der Waals surface area contributed by atoms with Crippen molar-refractivity contribution in [3.8, 4) is 0 Å². The van der Waals surface area contributed by atoms with Crippen molar-refractivity contribution < 1.29 is 14.3 Å². The molecule has 1 unspecified atom stereocenters. The highest BCUT2D eigenvalue weighted by atomic mass is 32.2. The Morgan fingerprint density at radius 3 is 2.50 bits per heavy atom. The fourth-order valence-corrected chi connectivity index (χ4v) is 4.29. The molecule has 2 aromatic heterocycles. The third kappa shape index (κ3) is 5.28. The number of hydrogen-bond donors (Lipinski definition) is 1. The van der Waals surface area contributed by atoms with Crippen molar-refractivity contribution in [1.29, 1.82) is 0 Å². The van der Waals surface area contributed by atoms with E-state index >= 15 is 0 Å². The molecule has 2 heterocycles. The summed E-state index contributed by atoms with van der Waals surface area (Å²) < 4.78 is 7.03. The summed E-state index contributed by atoms with van der Waals surface area (Å²) in [6, 6.07) is 7.15. The summed E-state index contributed by atoms with van der Waals surface area (Å²) in [6.07, 6.45) is -0.932. The lowest BCUT2D eigenvalue weighted by Crippen LogP contribution is -2.30. The zero-order valence-corrected chi connectivity index (χ0v) is 19.2. The van der Waals surface area contributed by atoms with E-state index in [1.165, 1.54) is 0 Å². The number of hydrogen-bond acceptors (Lipinski definition) is 7. The van der Waals surface area contributed by atoms with Crippen LogP contribution in [0.25, 0.3) is 0 Å². The van der Waals surface area contributed by atoms with Crippen molar-refractivity contribution in [1.82, 2.24) is 14.8 Å². The first kappa shape index (κ1) is 22.0. The fourth-order valence-electron chi connectivity index (χ4n) is 2.78. The zero-order valence-electron chi connectivity index (χ0n) is 17.6. The maximum absolute atomic E-state index is 12.4. The van der Waals surface area contributed by atoms with Crippen LogP contribution in [0.5, 0.6) is 0 Å². The molecule has 0 saturated carbocycles. The molecular formula is C21H24N4O3S2. The van der Waals surface area contributed by atoms with E-state index in [0.29, 0.717) is 16.9 Å². The molecule has 1 atom stereocenters. The number of rotatable bonds is 7. The molecule has 158 valence electrons. The molecule has 0 aliphatic heterocycles. The predicted molar refractivity (Wildman–Crippen MR) is 119 cm³/mol. The number of amides is 1. The lowest BCUT2D eigenvalue weighted by Gasteiger charge is -2.14. The third-order valence-corrected chi connectivity index (χ3v) is 6.42. The molecular weight excluding hydrogens is 420 g/mol. The zero-order chi connectivity index (χ0) is 21.8. The van der Waals surface area contributed by atoms with Crippen molar-refractivity contribution in [2.24, 2.45) is 7.05 Å². The van der Waals surface area contributed by atoms with Gasteiger partial charge in [0.25, 0.3) is 5.91 Å². The fraction of sp³-hybridized carbons (Fsp3) is 0.333. The van der Waals surface area contributed by atoms with Crippen LogP contribution in [0.1, 0.15) is 39.4 Å². The van der Waals surface area contributed by atoms with Crippen molar-refractivity contribution in [3.63, 3.8) is 0 Å². The first-order valence-corrected chi connectivity index (χ1v) is 11.3. The van der Waals surface area contributed by atoms with Gasteiger partial charge in [-0.15, -0.1) is 23.1 Å². The molecule has 0 aliphatic rings. The van der Waals surface area contributed by atoms with Crippen molar-refractivity contribution in [2.75, 3.05) is 5.32 Å². The number of ether oxygens (including phenoxy) is 1. The molecule has 9 heteroatoms. The first-order chi connectivity index (χ1) is 14.2. The van der Waals surface area contributed by atoms with Crippen LogP contribution in [0.2, 0.25) is 0 Å². The van der Waals surface area contributed by atoms with Crippen LogP contribution in [0.3, 0.4) is 0 Å². The van der Waals surface area contributed by atoms with Crippen LogP contribution < -0.4 is 5.32 Å². The Morgan fingerprint density at radius 1 is 1.23 bits per heavy atom. The molecule has 3 rings (SSSR count). The highest BCUT2D eigenvalue weighted by molar-refractivity contribution is 7.98. The van der Waals surface area contributed by atoms with Crippen LogP contribution in [0, 0.1) is 20.8 Å². The maximum Gasteiger partial charge on any atom is 0.338 e. The van der Waals surface area contributed by atoms with Gasteiger partial charge in [-0.3, -0.25) is 9.48 Å². The lowest BCUT2D eigenvalue weighted by atomic mass is 10.2. The summed E-state index contributed by atoms with van der Waals surface area (Å²) in [6.45, 7) is 7.21. The second-order valence-electron chi connectivity index (χ2n) is 6.88. The highest BCUT2D eigenvalue weighted by Crippen LogP contribution is 2.24. The molecule has 1 N–H and O–H groups in total. The van der Waals surface area contributed by atoms with E-state index in [1.807, 2.05) is 32.9 Å². The van der Waals surface area contributed by atoms with Crippen molar-refractivity contribution >= 4 is 40.7 Å². The van der Waals surface area contributed by atoms with Crippen LogP contribution >= 0.6 is 23.1 Å². The number of aryl methyl sites for hydroxylation is 3. The van der Waals surface area contributed by atoms with Gasteiger partial charge in [-0.1, -0.05) is 0 Å². The monoisotopic (exact) mass is 444 g/mol. The summed E-state index contributed by atoms with van der Waals surface area (Å²) in [5.41, 5.74) is 3.63. The van der Waals surface area contributed by atoms with E-state index in [2.05, 4.69) is 20.8 Å². The standard InChI is InChI=1S/C21H24N4O3S2/c1-12-19(13(2)25(5)24-12)23-20(26)14(3)28-21(27)16-6-8-18(9-7-16)30-11-17-10-29-15(4)22-17/h6-10,14H,11H2,1-5H3,(H,23,26). The third-order valence-electron chi connectivity index (χ3n) is 4.55. The highest BCUT2D eigenvalue weighted by Gasteiger charge is 2.21. The average Bonchev–Trinajstić information content (AvgIpc) is 3.24. The molecule has 1 amide bonds. The number of thiazole rings is 1. The summed E-state index contributed by atoms with van der Waals surface area (Å²) in [5, 5.41) is 10.2. The van der Waals surface area contributed by atoms with Crippen molar-refractivity contribution in [3.05, 3.63) is 57.3 Å². The molecule has 1 aromatic carbocycles. The molecule has 0 radical (unpaired) electrons. The lowest BCUT2D eigenvalue weighted by molar-refractivity contribution is -0.123. The number of carbonyl (C=O) groups excluding carboxylic acids is 2. The van der Waals surface area contributed by atoms with Gasteiger partial charge in [-0.2, -0.15) is 5.10 Å². The van der Waals surface area contributed by atoms with Crippen LogP contribution in [-0.2, 0) is 22.3 Å². The summed E-state index contributed by atoms with van der Waals surface area (Å²) >= 11 is 3.29. The molecule has 0 spiro atoms. The second kappa shape index (κ2) is 9.44. The molecule has 3 aromatic rings. The largest absolute Gasteiger partial charge is 0.449 e. The predicted octanol–water partition coefficient (Wildman–Crippen LogP) is 4.28. The number of thioether (sulfide) groups is 1. The molecule has 0 bridgehead atoms. The van der Waals surface area contributed by atoms with E-state index in [4.69, 9.17) is 4.74 Å². The minimum absolute atomic E-state index is 0.395. The van der Waals surface area contributed by atoms with Gasteiger partial charge < -0.3 is 10.1 Å². The van der Waals surface area contributed by atoms with E-state index in [9.17, 15) is 9.59 Å². The number of nitrogens with one attached hydrogen (secondary N) is 1. The Bertz CT molecular complexity index is 1060. The molecule has 7 nitrogen and oxygen atoms in total. The first-order valence-electron chi connectivity index (χ1n) is 9.40. The van der Waals surface area contributed by atoms with Gasteiger partial charge >= 0.3 is 5.97 Å². The molecule has 0 fully saturated rings. The summed E-state index contributed by atoms with van der Waals surface area (Å²) in [4.78, 5) is 30.3. The normalized spacial score (nSPS) is 11.9. The van der Waals surface area contributed by atoms with Crippen molar-refractivity contribution in [2.45, 2.75) is 44.4 Å².